The zero-order chi connectivity index (χ0) is 13.4. The number of nitrogens with one attached hydrogen (secondary N) is 1. The summed E-state index contributed by atoms with van der Waals surface area (Å²) in [5.74, 6) is -0.202. The number of aliphatic hydroxyl groups is 1. The summed E-state index contributed by atoms with van der Waals surface area (Å²) in [7, 11) is 0. The number of benzene rings is 1. The van der Waals surface area contributed by atoms with Gasteiger partial charge in [0, 0.05) is 0 Å². The number of amides is 1. The van der Waals surface area contributed by atoms with Gasteiger partial charge in [-0.05, 0) is 12.0 Å². The van der Waals surface area contributed by atoms with Crippen LogP contribution >= 0.6 is 0 Å². The summed E-state index contributed by atoms with van der Waals surface area (Å²) < 4.78 is 0. The van der Waals surface area contributed by atoms with Crippen molar-refractivity contribution < 1.29 is 9.90 Å². The molecule has 0 heterocycles. The van der Waals surface area contributed by atoms with Crippen molar-refractivity contribution in [3.63, 3.8) is 0 Å². The monoisotopic (exact) mass is 250 g/mol. The van der Waals surface area contributed by atoms with E-state index in [0.717, 1.165) is 18.4 Å². The first-order valence-electron chi connectivity index (χ1n) is 6.40. The van der Waals surface area contributed by atoms with E-state index in [1.54, 1.807) is 0 Å². The standard InChI is InChI=1S/C14H22N2O2/c1-2-3-9-12(15)14(18)16-13(10-17)11-7-5-4-6-8-11/h4-8,12-13,17H,2-3,9-10,15H2,1H3,(H,16,18)/t12?,13-/m0/s1. The van der Waals surface area contributed by atoms with Gasteiger partial charge in [0.25, 0.3) is 0 Å². The molecule has 1 rings (SSSR count). The van der Waals surface area contributed by atoms with Crippen LogP contribution in [0.4, 0.5) is 0 Å². The molecule has 1 amide bonds. The van der Waals surface area contributed by atoms with Crippen LogP contribution in [0.15, 0.2) is 30.3 Å². The van der Waals surface area contributed by atoms with Gasteiger partial charge in [-0.3, -0.25) is 4.79 Å². The first-order chi connectivity index (χ1) is 8.69. The number of nitrogens with two attached hydrogens (primary N) is 1. The van der Waals surface area contributed by atoms with E-state index >= 15 is 0 Å². The maximum absolute atomic E-state index is 11.8. The molecule has 2 atom stereocenters. The van der Waals surface area contributed by atoms with Gasteiger partial charge in [0.15, 0.2) is 0 Å². The Morgan fingerprint density at radius 1 is 1.39 bits per heavy atom. The first-order valence-corrected chi connectivity index (χ1v) is 6.40. The average Bonchev–Trinajstić information content (AvgIpc) is 2.42. The van der Waals surface area contributed by atoms with Crippen molar-refractivity contribution in [3.8, 4) is 0 Å². The quantitative estimate of drug-likeness (QED) is 0.684. The Morgan fingerprint density at radius 3 is 2.61 bits per heavy atom. The van der Waals surface area contributed by atoms with Crippen LogP contribution < -0.4 is 11.1 Å². The Bertz CT molecular complexity index is 354. The zero-order valence-corrected chi connectivity index (χ0v) is 10.8. The maximum atomic E-state index is 11.8. The topological polar surface area (TPSA) is 75.4 Å². The van der Waals surface area contributed by atoms with Crippen molar-refractivity contribution in [3.05, 3.63) is 35.9 Å². The SMILES string of the molecule is CCCCC(N)C(=O)N[C@@H](CO)c1ccccc1. The molecule has 100 valence electrons. The fourth-order valence-corrected chi connectivity index (χ4v) is 1.75. The van der Waals surface area contributed by atoms with Gasteiger partial charge in [-0.15, -0.1) is 0 Å². The molecule has 1 aromatic carbocycles. The highest BCUT2D eigenvalue weighted by molar-refractivity contribution is 5.81. The Hall–Kier alpha value is -1.39. The second kappa shape index (κ2) is 7.84. The van der Waals surface area contributed by atoms with Gasteiger partial charge in [0.2, 0.25) is 5.91 Å². The number of carbonyl (C=O) groups excluding carboxylic acids is 1. The van der Waals surface area contributed by atoms with Gasteiger partial charge < -0.3 is 16.2 Å². The second-order valence-corrected chi connectivity index (χ2v) is 4.40. The van der Waals surface area contributed by atoms with Gasteiger partial charge in [-0.1, -0.05) is 50.1 Å². The molecule has 4 nitrogen and oxygen atoms in total. The molecule has 4 N–H and O–H groups in total. The molecule has 0 aliphatic rings. The number of aliphatic hydroxyl groups excluding tert-OH is 1. The molecular formula is C14H22N2O2. The van der Waals surface area contributed by atoms with E-state index in [9.17, 15) is 9.90 Å². The van der Waals surface area contributed by atoms with Gasteiger partial charge in [0.05, 0.1) is 18.7 Å². The van der Waals surface area contributed by atoms with Crippen molar-refractivity contribution in [2.24, 2.45) is 5.73 Å². The van der Waals surface area contributed by atoms with Crippen molar-refractivity contribution in [1.29, 1.82) is 0 Å². The molecule has 0 aliphatic carbocycles. The summed E-state index contributed by atoms with van der Waals surface area (Å²) in [6, 6.07) is 8.51. The summed E-state index contributed by atoms with van der Waals surface area (Å²) in [6.07, 6.45) is 2.63. The summed E-state index contributed by atoms with van der Waals surface area (Å²) in [5.41, 5.74) is 6.68. The Balaban J connectivity index is 2.56. The maximum Gasteiger partial charge on any atom is 0.237 e. The highest BCUT2D eigenvalue weighted by atomic mass is 16.3. The molecule has 0 spiro atoms. The van der Waals surface area contributed by atoms with Gasteiger partial charge in [-0.25, -0.2) is 0 Å². The van der Waals surface area contributed by atoms with E-state index < -0.39 is 6.04 Å². The van der Waals surface area contributed by atoms with Crippen LogP contribution in [0, 0.1) is 0 Å². The molecule has 0 radical (unpaired) electrons. The molecule has 0 fully saturated rings. The Morgan fingerprint density at radius 2 is 2.06 bits per heavy atom. The molecule has 0 saturated heterocycles. The minimum Gasteiger partial charge on any atom is -0.394 e. The number of carbonyl (C=O) groups is 1. The fourth-order valence-electron chi connectivity index (χ4n) is 1.75. The lowest BCUT2D eigenvalue weighted by Crippen LogP contribution is -2.43. The van der Waals surface area contributed by atoms with Crippen molar-refractivity contribution in [2.75, 3.05) is 6.61 Å². The third-order valence-electron chi connectivity index (χ3n) is 2.91. The second-order valence-electron chi connectivity index (χ2n) is 4.40. The van der Waals surface area contributed by atoms with E-state index in [-0.39, 0.29) is 18.6 Å². The minimum absolute atomic E-state index is 0.129. The highest BCUT2D eigenvalue weighted by Crippen LogP contribution is 2.12. The van der Waals surface area contributed by atoms with Gasteiger partial charge >= 0.3 is 0 Å². The third-order valence-corrected chi connectivity index (χ3v) is 2.91. The minimum atomic E-state index is -0.497. The van der Waals surface area contributed by atoms with Crippen LogP contribution in [-0.4, -0.2) is 23.7 Å². The predicted octanol–water partition coefficient (Wildman–Crippen LogP) is 1.35. The van der Waals surface area contributed by atoms with E-state index in [1.807, 2.05) is 30.3 Å². The van der Waals surface area contributed by atoms with Gasteiger partial charge in [-0.2, -0.15) is 0 Å². The zero-order valence-electron chi connectivity index (χ0n) is 10.8. The smallest absolute Gasteiger partial charge is 0.237 e. The molecule has 0 saturated carbocycles. The lowest BCUT2D eigenvalue weighted by atomic mass is 10.1. The molecule has 1 unspecified atom stereocenters. The average molecular weight is 250 g/mol. The van der Waals surface area contributed by atoms with Crippen LogP contribution in [0.1, 0.15) is 37.8 Å². The summed E-state index contributed by atoms with van der Waals surface area (Å²) in [5, 5.41) is 12.1. The van der Waals surface area contributed by atoms with Crippen LogP contribution in [0.2, 0.25) is 0 Å². The molecule has 0 aromatic heterocycles. The summed E-state index contributed by atoms with van der Waals surface area (Å²) >= 11 is 0. The molecule has 0 aliphatic heterocycles. The Kier molecular flexibility index (Phi) is 6.39. The number of hydrogen-bond acceptors (Lipinski definition) is 3. The van der Waals surface area contributed by atoms with Crippen LogP contribution in [0.3, 0.4) is 0 Å². The van der Waals surface area contributed by atoms with E-state index in [2.05, 4.69) is 12.2 Å². The highest BCUT2D eigenvalue weighted by Gasteiger charge is 2.18. The molecule has 18 heavy (non-hydrogen) atoms. The van der Waals surface area contributed by atoms with E-state index in [1.165, 1.54) is 0 Å². The van der Waals surface area contributed by atoms with Crippen molar-refractivity contribution in [1.82, 2.24) is 5.32 Å². The van der Waals surface area contributed by atoms with Crippen LogP contribution in [0.5, 0.6) is 0 Å². The van der Waals surface area contributed by atoms with Crippen molar-refractivity contribution >= 4 is 5.91 Å². The predicted molar refractivity (Wildman–Crippen MR) is 71.9 cm³/mol. The number of rotatable bonds is 7. The largest absolute Gasteiger partial charge is 0.394 e. The van der Waals surface area contributed by atoms with Crippen LogP contribution in [-0.2, 0) is 4.79 Å². The lowest BCUT2D eigenvalue weighted by Gasteiger charge is -2.19. The number of unbranched alkanes of at least 4 members (excludes halogenated alkanes) is 1. The fraction of sp³-hybridized carbons (Fsp3) is 0.500. The van der Waals surface area contributed by atoms with E-state index in [0.29, 0.717) is 6.42 Å². The molecular weight excluding hydrogens is 228 g/mol. The molecule has 4 heteroatoms. The summed E-state index contributed by atoms with van der Waals surface area (Å²) in [4.78, 5) is 11.8. The third kappa shape index (κ3) is 4.47. The lowest BCUT2D eigenvalue weighted by molar-refractivity contribution is -0.123. The molecule has 1 aromatic rings. The first kappa shape index (κ1) is 14.7. The normalized spacial score (nSPS) is 13.9. The molecule has 0 bridgehead atoms. The number of hydrogen-bond donors (Lipinski definition) is 3. The van der Waals surface area contributed by atoms with Crippen molar-refractivity contribution in [2.45, 2.75) is 38.3 Å². The van der Waals surface area contributed by atoms with E-state index in [4.69, 9.17) is 5.73 Å². The Labute approximate surface area is 108 Å². The van der Waals surface area contributed by atoms with Gasteiger partial charge in [0.1, 0.15) is 0 Å². The van der Waals surface area contributed by atoms with Crippen LogP contribution in [0.25, 0.3) is 0 Å². The summed E-state index contributed by atoms with van der Waals surface area (Å²) in [6.45, 7) is 1.93.